The van der Waals surface area contributed by atoms with Crippen molar-refractivity contribution < 1.29 is 37.9 Å². The maximum atomic E-state index is 6.88. The lowest BCUT2D eigenvalue weighted by Crippen LogP contribution is -2.14. The van der Waals surface area contributed by atoms with Crippen LogP contribution in [0.5, 0.6) is 23.0 Å². The van der Waals surface area contributed by atoms with Gasteiger partial charge in [-0.3, -0.25) is 0 Å². The number of benzene rings is 4. The van der Waals surface area contributed by atoms with Crippen LogP contribution in [0.2, 0.25) is 0 Å². The van der Waals surface area contributed by atoms with Crippen LogP contribution in [-0.2, 0) is 31.8 Å². The average Bonchev–Trinajstić information content (AvgIpc) is 1.62. The minimum Gasteiger partial charge on any atom is -0.491 e. The SMILES string of the molecule is CCCCCCC1=C(C)c2nc1cc1[nH]c(c(C)c1CCCCCC)c1c3[nH]c(cc4nc(c2-c2ccccc2OCCOCCOCCOc2cccc5c(cccc25)OCCOCCOCCOc2ccc-1cc2)C(C)=C4CCCCCC)c(CCCCCC)c3C. The first-order valence-corrected chi connectivity index (χ1v) is 36.0. The molecule has 0 saturated carbocycles. The van der Waals surface area contributed by atoms with E-state index in [-0.39, 0.29) is 0 Å². The lowest BCUT2D eigenvalue weighted by Gasteiger charge is -2.15. The number of hydrogen-bond donors (Lipinski definition) is 2. The van der Waals surface area contributed by atoms with Gasteiger partial charge in [-0.1, -0.05) is 159 Å². The molecule has 4 aromatic carbocycles. The van der Waals surface area contributed by atoms with E-state index >= 15 is 0 Å². The summed E-state index contributed by atoms with van der Waals surface area (Å²) in [5.74, 6) is 3.13. The summed E-state index contributed by atoms with van der Waals surface area (Å²) in [7, 11) is 0. The van der Waals surface area contributed by atoms with Crippen molar-refractivity contribution in [2.24, 2.45) is 0 Å². The van der Waals surface area contributed by atoms with Crippen molar-refractivity contribution >= 4 is 55.1 Å². The van der Waals surface area contributed by atoms with E-state index in [1.807, 2.05) is 24.3 Å². The number of rotatable bonds is 20. The Balaban J connectivity index is 1.15. The Hall–Kier alpha value is -7.22. The van der Waals surface area contributed by atoms with Crippen molar-refractivity contribution in [1.29, 1.82) is 0 Å². The summed E-state index contributed by atoms with van der Waals surface area (Å²) in [5, 5.41) is 1.96. The molecule has 3 aromatic heterocycles. The van der Waals surface area contributed by atoms with E-state index in [1.165, 1.54) is 109 Å². The summed E-state index contributed by atoms with van der Waals surface area (Å²) >= 11 is 0. The van der Waals surface area contributed by atoms with Crippen LogP contribution in [0.15, 0.2) is 97.1 Å². The number of aromatic amines is 2. The van der Waals surface area contributed by atoms with Gasteiger partial charge in [-0.25, -0.2) is 9.97 Å². The molecule has 0 spiro atoms. The van der Waals surface area contributed by atoms with E-state index in [2.05, 4.69) is 138 Å². The molecule has 12 heteroatoms. The number of fused-ring (bicyclic) bond motifs is 1. The number of para-hydroxylation sites is 1. The van der Waals surface area contributed by atoms with E-state index in [9.17, 15) is 0 Å². The van der Waals surface area contributed by atoms with Crippen LogP contribution in [0.1, 0.15) is 202 Å². The molecule has 2 N–H and O–H groups in total. The Bertz CT molecular complexity index is 3700. The van der Waals surface area contributed by atoms with Crippen LogP contribution >= 0.6 is 0 Å². The Labute approximate surface area is 560 Å². The fraction of sp³-hybridized carbons (Fsp3) is 0.488. The summed E-state index contributed by atoms with van der Waals surface area (Å²) in [6.45, 7) is 23.5. The number of aromatic nitrogens is 4. The highest BCUT2D eigenvalue weighted by Crippen LogP contribution is 2.47. The van der Waals surface area contributed by atoms with Crippen LogP contribution < -0.4 is 18.9 Å². The Morgan fingerprint density at radius 3 is 1.21 bits per heavy atom. The average molecular weight is 1280 g/mol. The smallest absolute Gasteiger partial charge is 0.127 e. The van der Waals surface area contributed by atoms with Crippen molar-refractivity contribution in [3.63, 3.8) is 0 Å². The molecule has 16 bridgehead atoms. The van der Waals surface area contributed by atoms with Gasteiger partial charge in [-0.05, 0) is 172 Å². The lowest BCUT2D eigenvalue weighted by atomic mass is 9.91. The quantitative estimate of drug-likeness (QED) is 0.0711. The number of hydrogen-bond acceptors (Lipinski definition) is 10. The molecule has 8 heterocycles. The van der Waals surface area contributed by atoms with Gasteiger partial charge in [0, 0.05) is 38.5 Å². The van der Waals surface area contributed by atoms with Gasteiger partial charge in [0.15, 0.2) is 0 Å². The molecular formula is C82H106N4O8. The molecule has 0 saturated heterocycles. The molecule has 0 unspecified atom stereocenters. The van der Waals surface area contributed by atoms with Crippen LogP contribution in [0.25, 0.3) is 77.4 Å². The molecule has 0 fully saturated rings. The summed E-state index contributed by atoms with van der Waals surface area (Å²) < 4.78 is 50.0. The van der Waals surface area contributed by atoms with E-state index in [4.69, 9.17) is 47.9 Å². The molecule has 0 radical (unpaired) electrons. The minimum atomic E-state index is 0.356. The minimum absolute atomic E-state index is 0.356. The largest absolute Gasteiger partial charge is 0.491 e. The zero-order valence-electron chi connectivity index (χ0n) is 58.0. The number of H-pyrrole nitrogens is 2. The molecule has 5 aliphatic heterocycles. The van der Waals surface area contributed by atoms with Crippen LogP contribution in [0.4, 0.5) is 0 Å². The van der Waals surface area contributed by atoms with Gasteiger partial charge in [0.2, 0.25) is 0 Å². The molecular weight excluding hydrogens is 1170 g/mol. The second-order valence-electron chi connectivity index (χ2n) is 25.7. The second kappa shape index (κ2) is 36.0. The van der Waals surface area contributed by atoms with E-state index in [0.29, 0.717) is 79.3 Å². The van der Waals surface area contributed by atoms with Gasteiger partial charge < -0.3 is 47.9 Å². The number of aryl methyl sites for hydroxylation is 4. The molecule has 12 nitrogen and oxygen atoms in total. The Morgan fingerprint density at radius 2 is 0.766 bits per heavy atom. The number of nitrogens with one attached hydrogen (secondary N) is 2. The van der Waals surface area contributed by atoms with Crippen LogP contribution in [0, 0.1) is 13.8 Å². The van der Waals surface area contributed by atoms with Crippen LogP contribution in [-0.4, -0.2) is 99.2 Å². The monoisotopic (exact) mass is 1270 g/mol. The standard InChI is InChI=1S/C82H106N4O8/c1-9-13-17-21-29-63-57(5)79-77-61-39-41-62(42-40-61)91-51-47-87-43-44-88-48-52-92-74-37-27-35-68-67(74)34-28-38-75(68)93-53-49-89-45-46-90-50-54-94-76-36-26-25-33-69(76)78(81-59(7)65(31-23-19-15-11-3)72(85-81)55-70(63)83-79)82-60(8)66(32-24-20-16-12-4)73(86-82)56-71-64(30-22-18-14-10-2)58(6)80(77)84-71/h25-28,33-42,55-56,83-84H,9-24,29-32,43-54H2,1-8H3. The molecule has 0 aliphatic carbocycles. The maximum Gasteiger partial charge on any atom is 0.127 e. The summed E-state index contributed by atoms with van der Waals surface area (Å²) in [6.07, 6.45) is 22.3. The molecule has 502 valence electrons. The highest BCUT2D eigenvalue weighted by atomic mass is 16.6. The molecule has 94 heavy (non-hydrogen) atoms. The molecule has 7 aromatic rings. The third-order valence-electron chi connectivity index (χ3n) is 19.0. The molecule has 0 amide bonds. The Kier molecular flexibility index (Phi) is 26.7. The predicted octanol–water partition coefficient (Wildman–Crippen LogP) is 20.8. The fourth-order valence-electron chi connectivity index (χ4n) is 13.8. The number of allylic oxidation sites excluding steroid dienone is 4. The van der Waals surface area contributed by atoms with Crippen molar-refractivity contribution in [3.05, 3.63) is 142 Å². The first-order chi connectivity index (χ1) is 46.2. The summed E-state index contributed by atoms with van der Waals surface area (Å²) in [4.78, 5) is 20.3. The van der Waals surface area contributed by atoms with Gasteiger partial charge in [0.25, 0.3) is 0 Å². The molecule has 5 aliphatic rings. The number of nitrogens with zero attached hydrogens (tertiary/aromatic N) is 2. The highest BCUT2D eigenvalue weighted by Gasteiger charge is 2.29. The van der Waals surface area contributed by atoms with Gasteiger partial charge >= 0.3 is 0 Å². The summed E-state index contributed by atoms with van der Waals surface area (Å²) in [5.41, 5.74) is 23.0. The van der Waals surface area contributed by atoms with Crippen molar-refractivity contribution in [2.75, 3.05) is 79.3 Å². The van der Waals surface area contributed by atoms with E-state index in [1.54, 1.807) is 0 Å². The number of unbranched alkanes of at least 4 members (excludes halogenated alkanes) is 12. The Morgan fingerprint density at radius 1 is 0.372 bits per heavy atom. The number of ether oxygens (including phenoxy) is 8. The highest BCUT2D eigenvalue weighted by molar-refractivity contribution is 6.04. The lowest BCUT2D eigenvalue weighted by molar-refractivity contribution is 0.0274. The third kappa shape index (κ3) is 17.6. The maximum absolute atomic E-state index is 6.88. The zero-order chi connectivity index (χ0) is 65.4. The summed E-state index contributed by atoms with van der Waals surface area (Å²) in [6, 6.07) is 34.1. The van der Waals surface area contributed by atoms with Gasteiger partial charge in [0.05, 0.1) is 86.7 Å². The molecule has 12 rings (SSSR count). The fourth-order valence-corrected chi connectivity index (χ4v) is 13.8. The van der Waals surface area contributed by atoms with Crippen molar-refractivity contribution in [1.82, 2.24) is 19.9 Å². The van der Waals surface area contributed by atoms with Crippen molar-refractivity contribution in [3.8, 4) is 45.3 Å². The van der Waals surface area contributed by atoms with Gasteiger partial charge in [-0.15, -0.1) is 0 Å². The zero-order valence-corrected chi connectivity index (χ0v) is 58.0. The predicted molar refractivity (Wildman–Crippen MR) is 389 cm³/mol. The van der Waals surface area contributed by atoms with Crippen LogP contribution in [0.3, 0.4) is 0 Å². The molecule has 0 atom stereocenters. The first-order valence-electron chi connectivity index (χ1n) is 36.0. The van der Waals surface area contributed by atoms with Crippen molar-refractivity contribution in [2.45, 2.75) is 184 Å². The first kappa shape index (κ1) is 69.6. The topological polar surface area (TPSA) is 131 Å². The van der Waals surface area contributed by atoms with E-state index in [0.717, 1.165) is 165 Å². The second-order valence-corrected chi connectivity index (χ2v) is 25.7. The van der Waals surface area contributed by atoms with Gasteiger partial charge in [-0.2, -0.15) is 0 Å². The van der Waals surface area contributed by atoms with E-state index < -0.39 is 0 Å². The third-order valence-corrected chi connectivity index (χ3v) is 19.0. The van der Waals surface area contributed by atoms with Gasteiger partial charge in [0.1, 0.15) is 49.4 Å². The normalized spacial score (nSPS) is 15.0.